The zero-order valence-corrected chi connectivity index (χ0v) is 11.6. The van der Waals surface area contributed by atoms with Gasteiger partial charge in [0.1, 0.15) is 11.5 Å². The molecule has 0 bridgehead atoms. The minimum Gasteiger partial charge on any atom is -0.457 e. The van der Waals surface area contributed by atoms with E-state index in [1.54, 1.807) is 0 Å². The standard InChI is InChI=1S/C17H21NO/c1-3-4-5-14-6-9-16(10-7-14)19-17-11-8-15(18)12-13(17)2/h6-12H,3-5,18H2,1-2H3. The monoisotopic (exact) mass is 255 g/mol. The second kappa shape index (κ2) is 6.28. The Hall–Kier alpha value is -1.96. The lowest BCUT2D eigenvalue weighted by Crippen LogP contribution is -1.91. The molecule has 0 unspecified atom stereocenters. The van der Waals surface area contributed by atoms with Crippen molar-refractivity contribution in [2.24, 2.45) is 0 Å². The van der Waals surface area contributed by atoms with Crippen LogP contribution in [-0.2, 0) is 6.42 Å². The van der Waals surface area contributed by atoms with Crippen molar-refractivity contribution in [3.8, 4) is 11.5 Å². The van der Waals surface area contributed by atoms with E-state index in [1.807, 2.05) is 37.3 Å². The molecule has 0 fully saturated rings. The van der Waals surface area contributed by atoms with E-state index in [4.69, 9.17) is 10.5 Å². The number of ether oxygens (including phenoxy) is 1. The van der Waals surface area contributed by atoms with Crippen LogP contribution in [-0.4, -0.2) is 0 Å². The van der Waals surface area contributed by atoms with Gasteiger partial charge in [0.05, 0.1) is 0 Å². The molecule has 100 valence electrons. The van der Waals surface area contributed by atoms with Gasteiger partial charge in [0.2, 0.25) is 0 Å². The van der Waals surface area contributed by atoms with E-state index in [0.717, 1.165) is 29.2 Å². The minimum atomic E-state index is 0.764. The van der Waals surface area contributed by atoms with Gasteiger partial charge in [-0.05, 0) is 61.2 Å². The summed E-state index contributed by atoms with van der Waals surface area (Å²) in [5.41, 5.74) is 8.91. The highest BCUT2D eigenvalue weighted by molar-refractivity contribution is 5.48. The van der Waals surface area contributed by atoms with Gasteiger partial charge in [0.25, 0.3) is 0 Å². The molecule has 0 heterocycles. The van der Waals surface area contributed by atoms with E-state index in [9.17, 15) is 0 Å². The van der Waals surface area contributed by atoms with Crippen molar-refractivity contribution in [1.29, 1.82) is 0 Å². The van der Waals surface area contributed by atoms with Crippen molar-refractivity contribution < 1.29 is 4.74 Å². The quantitative estimate of drug-likeness (QED) is 0.785. The van der Waals surface area contributed by atoms with Crippen molar-refractivity contribution in [1.82, 2.24) is 0 Å². The third-order valence-corrected chi connectivity index (χ3v) is 3.17. The van der Waals surface area contributed by atoms with Crippen molar-refractivity contribution in [3.63, 3.8) is 0 Å². The molecular formula is C17H21NO. The number of benzene rings is 2. The predicted molar refractivity (Wildman–Crippen MR) is 80.7 cm³/mol. The Morgan fingerprint density at radius 1 is 1.05 bits per heavy atom. The highest BCUT2D eigenvalue weighted by Gasteiger charge is 2.02. The highest BCUT2D eigenvalue weighted by atomic mass is 16.5. The molecule has 2 rings (SSSR count). The summed E-state index contributed by atoms with van der Waals surface area (Å²) in [5, 5.41) is 0. The summed E-state index contributed by atoms with van der Waals surface area (Å²) in [6.07, 6.45) is 3.60. The largest absolute Gasteiger partial charge is 0.457 e. The first-order valence-electron chi connectivity index (χ1n) is 6.82. The molecule has 0 saturated carbocycles. The Balaban J connectivity index is 2.06. The van der Waals surface area contributed by atoms with Crippen LogP contribution in [0.3, 0.4) is 0 Å². The minimum absolute atomic E-state index is 0.764. The predicted octanol–water partition coefficient (Wildman–Crippen LogP) is 4.71. The maximum Gasteiger partial charge on any atom is 0.130 e. The van der Waals surface area contributed by atoms with Crippen LogP contribution >= 0.6 is 0 Å². The summed E-state index contributed by atoms with van der Waals surface area (Å²) < 4.78 is 5.87. The van der Waals surface area contributed by atoms with Crippen molar-refractivity contribution in [2.75, 3.05) is 5.73 Å². The Morgan fingerprint density at radius 2 is 1.79 bits per heavy atom. The summed E-state index contributed by atoms with van der Waals surface area (Å²) in [5.74, 6) is 1.73. The fourth-order valence-electron chi connectivity index (χ4n) is 2.02. The Labute approximate surface area is 115 Å². The molecule has 0 amide bonds. The first-order valence-corrected chi connectivity index (χ1v) is 6.82. The second-order valence-electron chi connectivity index (χ2n) is 4.87. The molecule has 0 spiro atoms. The van der Waals surface area contributed by atoms with Crippen LogP contribution in [0, 0.1) is 6.92 Å². The molecule has 0 atom stereocenters. The Morgan fingerprint density at radius 3 is 2.42 bits per heavy atom. The Kier molecular flexibility index (Phi) is 4.45. The highest BCUT2D eigenvalue weighted by Crippen LogP contribution is 2.26. The van der Waals surface area contributed by atoms with Gasteiger partial charge < -0.3 is 10.5 Å². The van der Waals surface area contributed by atoms with Crippen LogP contribution in [0.2, 0.25) is 0 Å². The Bertz CT molecular complexity index is 531. The second-order valence-corrected chi connectivity index (χ2v) is 4.87. The number of unbranched alkanes of at least 4 members (excludes halogenated alkanes) is 1. The fourth-order valence-corrected chi connectivity index (χ4v) is 2.02. The number of hydrogen-bond acceptors (Lipinski definition) is 2. The molecule has 0 radical (unpaired) electrons. The third-order valence-electron chi connectivity index (χ3n) is 3.17. The van der Waals surface area contributed by atoms with Gasteiger partial charge >= 0.3 is 0 Å². The summed E-state index contributed by atoms with van der Waals surface area (Å²) in [7, 11) is 0. The summed E-state index contributed by atoms with van der Waals surface area (Å²) in [4.78, 5) is 0. The normalized spacial score (nSPS) is 10.4. The van der Waals surface area contributed by atoms with Crippen molar-refractivity contribution in [2.45, 2.75) is 33.1 Å². The summed E-state index contributed by atoms with van der Waals surface area (Å²) in [6, 6.07) is 14.0. The number of nitrogen functional groups attached to an aromatic ring is 1. The third kappa shape index (κ3) is 3.75. The molecule has 0 aliphatic heterocycles. The topological polar surface area (TPSA) is 35.2 Å². The van der Waals surface area contributed by atoms with E-state index in [-0.39, 0.29) is 0 Å². The first-order chi connectivity index (χ1) is 9.19. The van der Waals surface area contributed by atoms with E-state index >= 15 is 0 Å². The smallest absolute Gasteiger partial charge is 0.130 e. The zero-order chi connectivity index (χ0) is 13.7. The first kappa shape index (κ1) is 13.5. The molecule has 0 aliphatic rings. The maximum atomic E-state index is 5.87. The molecule has 2 aromatic carbocycles. The van der Waals surface area contributed by atoms with Crippen LogP contribution < -0.4 is 10.5 Å². The average molecular weight is 255 g/mol. The van der Waals surface area contributed by atoms with E-state index < -0.39 is 0 Å². The van der Waals surface area contributed by atoms with Gasteiger partial charge in [-0.3, -0.25) is 0 Å². The lowest BCUT2D eigenvalue weighted by molar-refractivity contribution is 0.479. The fraction of sp³-hybridized carbons (Fsp3) is 0.294. The summed E-state index contributed by atoms with van der Waals surface area (Å²) >= 11 is 0. The molecule has 19 heavy (non-hydrogen) atoms. The van der Waals surface area contributed by atoms with Crippen LogP contribution in [0.5, 0.6) is 11.5 Å². The molecule has 2 aromatic rings. The van der Waals surface area contributed by atoms with Gasteiger partial charge in [-0.25, -0.2) is 0 Å². The molecule has 2 heteroatoms. The van der Waals surface area contributed by atoms with Crippen LogP contribution in [0.1, 0.15) is 30.9 Å². The van der Waals surface area contributed by atoms with Crippen LogP contribution in [0.4, 0.5) is 5.69 Å². The van der Waals surface area contributed by atoms with Gasteiger partial charge in [0, 0.05) is 5.69 Å². The van der Waals surface area contributed by atoms with E-state index in [0.29, 0.717) is 0 Å². The van der Waals surface area contributed by atoms with Gasteiger partial charge in [-0.1, -0.05) is 25.5 Å². The molecule has 2 nitrogen and oxygen atoms in total. The molecule has 0 aliphatic carbocycles. The number of hydrogen-bond donors (Lipinski definition) is 1. The molecule has 0 saturated heterocycles. The lowest BCUT2D eigenvalue weighted by Gasteiger charge is -2.10. The van der Waals surface area contributed by atoms with E-state index in [1.165, 1.54) is 18.4 Å². The van der Waals surface area contributed by atoms with Gasteiger partial charge in [-0.15, -0.1) is 0 Å². The number of rotatable bonds is 5. The van der Waals surface area contributed by atoms with E-state index in [2.05, 4.69) is 19.1 Å². The number of aryl methyl sites for hydroxylation is 2. The molecule has 2 N–H and O–H groups in total. The number of nitrogens with two attached hydrogens (primary N) is 1. The van der Waals surface area contributed by atoms with Crippen LogP contribution in [0.25, 0.3) is 0 Å². The van der Waals surface area contributed by atoms with Gasteiger partial charge in [0.15, 0.2) is 0 Å². The summed E-state index contributed by atoms with van der Waals surface area (Å²) in [6.45, 7) is 4.21. The maximum absolute atomic E-state index is 5.87. The zero-order valence-electron chi connectivity index (χ0n) is 11.6. The molecular weight excluding hydrogens is 234 g/mol. The SMILES string of the molecule is CCCCc1ccc(Oc2ccc(N)cc2C)cc1. The van der Waals surface area contributed by atoms with Gasteiger partial charge in [-0.2, -0.15) is 0 Å². The molecule has 0 aromatic heterocycles. The average Bonchev–Trinajstić information content (AvgIpc) is 2.41. The number of anilines is 1. The van der Waals surface area contributed by atoms with Crippen molar-refractivity contribution >= 4 is 5.69 Å². The van der Waals surface area contributed by atoms with Crippen LogP contribution in [0.15, 0.2) is 42.5 Å². The van der Waals surface area contributed by atoms with Crippen molar-refractivity contribution in [3.05, 3.63) is 53.6 Å². The lowest BCUT2D eigenvalue weighted by atomic mass is 10.1.